The highest BCUT2D eigenvalue weighted by molar-refractivity contribution is 5.90. The van der Waals surface area contributed by atoms with Crippen molar-refractivity contribution >= 4 is 33.6 Å². The van der Waals surface area contributed by atoms with Crippen LogP contribution in [0.25, 0.3) is 33.1 Å². The molecule has 0 amide bonds. The number of rotatable bonds is 12. The summed E-state index contributed by atoms with van der Waals surface area (Å²) in [7, 11) is 7.40. The van der Waals surface area contributed by atoms with E-state index in [-0.39, 0.29) is 0 Å². The number of nitrogens with one attached hydrogen (secondary N) is 2. The van der Waals surface area contributed by atoms with Gasteiger partial charge < -0.3 is 25.0 Å². The topological polar surface area (TPSA) is 84.4 Å². The van der Waals surface area contributed by atoms with Crippen molar-refractivity contribution in [1.29, 1.82) is 0 Å². The van der Waals surface area contributed by atoms with Crippen molar-refractivity contribution in [3.8, 4) is 22.8 Å². The second-order valence-corrected chi connectivity index (χ2v) is 13.0. The molecule has 0 bridgehead atoms. The van der Waals surface area contributed by atoms with Crippen molar-refractivity contribution in [3.63, 3.8) is 0 Å². The number of aromatic nitrogens is 3. The molecule has 0 aliphatic heterocycles. The summed E-state index contributed by atoms with van der Waals surface area (Å²) in [4.78, 5) is 17.0. The van der Waals surface area contributed by atoms with Crippen LogP contribution in [0, 0.1) is 6.92 Å². The number of benzene rings is 3. The highest BCUT2D eigenvalue weighted by atomic mass is 16.5. The van der Waals surface area contributed by atoms with Crippen LogP contribution in [0.3, 0.4) is 0 Å². The predicted molar refractivity (Wildman–Crippen MR) is 194 cm³/mol. The minimum absolute atomic E-state index is 0.353. The van der Waals surface area contributed by atoms with E-state index in [1.165, 1.54) is 34.9 Å². The van der Waals surface area contributed by atoms with E-state index in [0.29, 0.717) is 29.5 Å². The van der Waals surface area contributed by atoms with Crippen molar-refractivity contribution in [2.24, 2.45) is 0 Å². The molecule has 2 heterocycles. The van der Waals surface area contributed by atoms with Gasteiger partial charge in [0.1, 0.15) is 5.82 Å². The molecular formula is C39H48N6O2. The molecule has 246 valence electrons. The average Bonchev–Trinajstić information content (AvgIpc) is 3.09. The van der Waals surface area contributed by atoms with E-state index in [9.17, 15) is 0 Å². The lowest BCUT2D eigenvalue weighted by molar-refractivity contribution is 0.352. The van der Waals surface area contributed by atoms with Gasteiger partial charge in [-0.05, 0) is 105 Å². The van der Waals surface area contributed by atoms with Crippen LogP contribution in [-0.2, 0) is 13.0 Å². The standard InChI is InChI=1S/C39H48N6O2/c1-7-8-11-26-20-25(2)37-32(21-26)28(22-34(42-37)27-14-19-35(46-5)36(23-27)47-6)24-40-29-15-17-30(18-16-29)41-39-43-33-13-10-9-12-31(33)38(44-39)45(3)4/h9-10,12-14,19-23,29-30,40H,7-8,11,15-18,24H2,1-6H3,(H,41,43,44)/t29-,30+. The first kappa shape index (κ1) is 32.5. The smallest absolute Gasteiger partial charge is 0.225 e. The van der Waals surface area contributed by atoms with Crippen LogP contribution in [-0.4, -0.2) is 55.4 Å². The summed E-state index contributed by atoms with van der Waals surface area (Å²) in [6.45, 7) is 5.23. The Bertz CT molecular complexity index is 1850. The van der Waals surface area contributed by atoms with Crippen molar-refractivity contribution < 1.29 is 9.47 Å². The molecule has 0 unspecified atom stereocenters. The first-order valence-corrected chi connectivity index (χ1v) is 17.0. The molecule has 1 aliphatic carbocycles. The van der Waals surface area contributed by atoms with E-state index in [2.05, 4.69) is 65.8 Å². The summed E-state index contributed by atoms with van der Waals surface area (Å²) in [5.74, 6) is 3.07. The quantitative estimate of drug-likeness (QED) is 0.143. The van der Waals surface area contributed by atoms with Gasteiger partial charge in [0, 0.05) is 49.1 Å². The number of methoxy groups -OCH3 is 2. The Morgan fingerprint density at radius 2 is 1.60 bits per heavy atom. The molecule has 0 atom stereocenters. The Labute approximate surface area is 278 Å². The molecule has 1 fully saturated rings. The molecule has 3 aromatic carbocycles. The summed E-state index contributed by atoms with van der Waals surface area (Å²) < 4.78 is 11.1. The first-order chi connectivity index (χ1) is 22.9. The van der Waals surface area contributed by atoms with Crippen LogP contribution in [0.5, 0.6) is 11.5 Å². The van der Waals surface area contributed by atoms with E-state index in [4.69, 9.17) is 24.4 Å². The third-order valence-electron chi connectivity index (χ3n) is 9.40. The highest BCUT2D eigenvalue weighted by Gasteiger charge is 2.23. The van der Waals surface area contributed by atoms with Crippen molar-refractivity contribution in [2.45, 2.75) is 77.4 Å². The fraction of sp³-hybridized carbons (Fsp3) is 0.410. The van der Waals surface area contributed by atoms with Gasteiger partial charge in [-0.25, -0.2) is 9.97 Å². The summed E-state index contributed by atoms with van der Waals surface area (Å²) in [5, 5.41) is 9.90. The molecule has 1 aliphatic rings. The van der Waals surface area contributed by atoms with Gasteiger partial charge in [-0.1, -0.05) is 31.5 Å². The average molecular weight is 633 g/mol. The molecule has 47 heavy (non-hydrogen) atoms. The number of ether oxygens (including phenoxy) is 2. The van der Waals surface area contributed by atoms with Crippen LogP contribution in [0.15, 0.2) is 60.7 Å². The first-order valence-electron chi connectivity index (χ1n) is 17.0. The van der Waals surface area contributed by atoms with Crippen molar-refractivity contribution in [1.82, 2.24) is 20.3 Å². The third-order valence-corrected chi connectivity index (χ3v) is 9.40. The maximum atomic E-state index is 5.62. The summed E-state index contributed by atoms with van der Waals surface area (Å²) in [6.07, 6.45) is 7.79. The summed E-state index contributed by atoms with van der Waals surface area (Å²) in [5.41, 5.74) is 7.88. The number of pyridine rings is 1. The van der Waals surface area contributed by atoms with Gasteiger partial charge in [-0.15, -0.1) is 0 Å². The van der Waals surface area contributed by atoms with Crippen LogP contribution in [0.2, 0.25) is 0 Å². The molecule has 1 saturated carbocycles. The number of aryl methyl sites for hydroxylation is 2. The summed E-state index contributed by atoms with van der Waals surface area (Å²) >= 11 is 0. The Hall–Kier alpha value is -4.43. The number of fused-ring (bicyclic) bond motifs is 2. The fourth-order valence-electron chi connectivity index (χ4n) is 6.80. The normalized spacial score (nSPS) is 16.4. The van der Waals surface area contributed by atoms with Crippen LogP contribution < -0.4 is 25.0 Å². The molecule has 8 nitrogen and oxygen atoms in total. The number of unbranched alkanes of at least 4 members (excludes halogenated alkanes) is 1. The van der Waals surface area contributed by atoms with Crippen molar-refractivity contribution in [2.75, 3.05) is 38.5 Å². The maximum Gasteiger partial charge on any atom is 0.225 e. The zero-order valence-corrected chi connectivity index (χ0v) is 28.7. The van der Waals surface area contributed by atoms with Crippen LogP contribution in [0.4, 0.5) is 11.8 Å². The van der Waals surface area contributed by atoms with E-state index in [0.717, 1.165) is 72.1 Å². The van der Waals surface area contributed by atoms with E-state index >= 15 is 0 Å². The molecule has 6 rings (SSSR count). The van der Waals surface area contributed by atoms with Gasteiger partial charge in [0.05, 0.1) is 30.9 Å². The van der Waals surface area contributed by atoms with E-state index in [1.54, 1.807) is 14.2 Å². The SMILES string of the molecule is CCCCc1cc(C)c2nc(-c3ccc(OC)c(OC)c3)cc(CN[C@H]3CC[C@@H](Nc4nc(N(C)C)c5ccccc5n4)CC3)c2c1. The monoisotopic (exact) mass is 632 g/mol. The largest absolute Gasteiger partial charge is 0.493 e. The number of nitrogens with zero attached hydrogens (tertiary/aromatic N) is 4. The van der Waals surface area contributed by atoms with Gasteiger partial charge in [0.2, 0.25) is 5.95 Å². The van der Waals surface area contributed by atoms with E-state index in [1.807, 2.05) is 38.4 Å². The van der Waals surface area contributed by atoms with Gasteiger partial charge in [-0.3, -0.25) is 0 Å². The molecule has 2 N–H and O–H groups in total. The van der Waals surface area contributed by atoms with Crippen LogP contribution >= 0.6 is 0 Å². The number of anilines is 2. The van der Waals surface area contributed by atoms with Gasteiger partial charge in [0.25, 0.3) is 0 Å². The predicted octanol–water partition coefficient (Wildman–Crippen LogP) is 8.09. The number of hydrogen-bond acceptors (Lipinski definition) is 8. The number of hydrogen-bond donors (Lipinski definition) is 2. The fourth-order valence-corrected chi connectivity index (χ4v) is 6.80. The molecule has 0 radical (unpaired) electrons. The third kappa shape index (κ3) is 7.28. The molecule has 0 spiro atoms. The Balaban J connectivity index is 1.20. The molecule has 5 aromatic rings. The Morgan fingerprint density at radius 3 is 2.34 bits per heavy atom. The molecule has 0 saturated heterocycles. The number of para-hydroxylation sites is 1. The second kappa shape index (κ2) is 14.6. The highest BCUT2D eigenvalue weighted by Crippen LogP contribution is 2.34. The molecule has 8 heteroatoms. The van der Waals surface area contributed by atoms with Gasteiger partial charge >= 0.3 is 0 Å². The second-order valence-electron chi connectivity index (χ2n) is 13.0. The zero-order chi connectivity index (χ0) is 32.9. The molecular weight excluding hydrogens is 584 g/mol. The summed E-state index contributed by atoms with van der Waals surface area (Å²) in [6, 6.07) is 22.0. The molecule has 2 aromatic heterocycles. The lowest BCUT2D eigenvalue weighted by Crippen LogP contribution is -2.37. The van der Waals surface area contributed by atoms with E-state index < -0.39 is 0 Å². The minimum Gasteiger partial charge on any atom is -0.493 e. The Kier molecular flexibility index (Phi) is 10.1. The zero-order valence-electron chi connectivity index (χ0n) is 28.7. The lowest BCUT2D eigenvalue weighted by Gasteiger charge is -2.30. The lowest BCUT2D eigenvalue weighted by atomic mass is 9.91. The van der Waals surface area contributed by atoms with Crippen molar-refractivity contribution in [3.05, 3.63) is 77.4 Å². The van der Waals surface area contributed by atoms with Gasteiger partial charge in [-0.2, -0.15) is 4.98 Å². The Morgan fingerprint density at radius 1 is 0.830 bits per heavy atom. The minimum atomic E-state index is 0.353. The van der Waals surface area contributed by atoms with Gasteiger partial charge in [0.15, 0.2) is 11.5 Å². The van der Waals surface area contributed by atoms with Crippen LogP contribution in [0.1, 0.15) is 62.1 Å². The maximum absolute atomic E-state index is 5.62.